The van der Waals surface area contributed by atoms with Gasteiger partial charge in [0, 0.05) is 24.5 Å². The summed E-state index contributed by atoms with van der Waals surface area (Å²) in [6.45, 7) is 6.76. The predicted octanol–water partition coefficient (Wildman–Crippen LogP) is -4.13. The van der Waals surface area contributed by atoms with Crippen LogP contribution in [0.4, 0.5) is 0 Å². The van der Waals surface area contributed by atoms with Gasteiger partial charge in [-0.25, -0.2) is 0 Å². The van der Waals surface area contributed by atoms with Crippen molar-refractivity contribution in [3.8, 4) is 0 Å². The van der Waals surface area contributed by atoms with Crippen molar-refractivity contribution in [2.24, 2.45) is 40.5 Å². The first kappa shape index (κ1) is 51.3. The molecule has 16 N–H and O–H groups in total. The molecule has 0 radical (unpaired) electrons. The average Bonchev–Trinajstić information content (AvgIpc) is 3.64. The number of hydrogen-bond acceptors (Lipinski definition) is 14. The molecule has 24 heteroatoms. The maximum absolute atomic E-state index is 14.2. The average molecular weight is 862 g/mol. The summed E-state index contributed by atoms with van der Waals surface area (Å²) in [4.78, 5) is 128. The summed E-state index contributed by atoms with van der Waals surface area (Å²) in [5, 5.41) is 21.5. The molecule has 1 aliphatic heterocycles. The van der Waals surface area contributed by atoms with Gasteiger partial charge in [0.15, 0.2) is 0 Å². The van der Waals surface area contributed by atoms with Crippen LogP contribution < -0.4 is 55.3 Å². The van der Waals surface area contributed by atoms with E-state index in [9.17, 15) is 47.9 Å². The van der Waals surface area contributed by atoms with Crippen LogP contribution >= 0.6 is 21.6 Å². The van der Waals surface area contributed by atoms with Crippen LogP contribution in [0.2, 0.25) is 0 Å². The van der Waals surface area contributed by atoms with Gasteiger partial charge in [0.25, 0.3) is 0 Å². The number of carbonyl (C=O) groups excluding carboxylic acids is 9. The minimum atomic E-state index is -1.71. The normalized spacial score (nSPS) is 17.4. The van der Waals surface area contributed by atoms with Crippen LogP contribution in [-0.2, 0) is 47.9 Å². The van der Waals surface area contributed by atoms with E-state index in [0.29, 0.717) is 12.8 Å². The minimum Gasteiger partial charge on any atom is -0.480 e. The molecule has 0 aromatic carbocycles. The van der Waals surface area contributed by atoms with Crippen molar-refractivity contribution in [1.82, 2.24) is 31.5 Å². The molecule has 1 heterocycles. The van der Waals surface area contributed by atoms with Gasteiger partial charge in [-0.3, -0.25) is 47.9 Å². The third kappa shape index (κ3) is 18.3. The van der Waals surface area contributed by atoms with E-state index < -0.39 is 114 Å². The molecule has 58 heavy (non-hydrogen) atoms. The van der Waals surface area contributed by atoms with Gasteiger partial charge in [-0.2, -0.15) is 0 Å². The zero-order valence-corrected chi connectivity index (χ0v) is 34.8. The van der Waals surface area contributed by atoms with Gasteiger partial charge >= 0.3 is 5.97 Å². The summed E-state index contributed by atoms with van der Waals surface area (Å²) in [7, 11) is 1.97. The Balaban J connectivity index is 3.41. The van der Waals surface area contributed by atoms with Crippen molar-refractivity contribution in [2.45, 2.75) is 115 Å². The fourth-order valence-corrected chi connectivity index (χ4v) is 7.81. The third-order valence-electron chi connectivity index (χ3n) is 9.02. The number of carbonyl (C=O) groups is 10. The molecule has 0 spiro atoms. The summed E-state index contributed by atoms with van der Waals surface area (Å²) in [6.07, 6.45) is -0.128. The van der Waals surface area contributed by atoms with E-state index in [1.807, 2.05) is 13.8 Å². The maximum atomic E-state index is 14.2. The Bertz CT molecular complexity index is 1510. The number of nitrogens with one attached hydrogen (secondary N) is 5. The first-order chi connectivity index (χ1) is 27.1. The molecular formula is C34H59N11O11S2. The van der Waals surface area contributed by atoms with Gasteiger partial charge in [-0.05, 0) is 37.5 Å². The molecule has 0 aliphatic carbocycles. The molecule has 0 aromatic rings. The predicted molar refractivity (Wildman–Crippen MR) is 214 cm³/mol. The van der Waals surface area contributed by atoms with Crippen LogP contribution in [0.1, 0.15) is 72.6 Å². The van der Waals surface area contributed by atoms with Gasteiger partial charge in [-0.15, -0.1) is 0 Å². The van der Waals surface area contributed by atoms with E-state index in [4.69, 9.17) is 33.8 Å². The Hall–Kier alpha value is -4.68. The SMILES string of the molecule is CC[C@H](C)C(N)C(=O)N[C@@H](CCC(N)=O)C(=O)N[C@@H](CC(N)=O)C(=O)N[C@@H](CSSC[C@H](N)C(=O)O)C(=O)N1CCC[C@H]1C(=O)N[C@@H](CC(C)C)C(=O)NCC(N)=O. The molecule has 1 saturated heterocycles. The monoisotopic (exact) mass is 861 g/mol. The highest BCUT2D eigenvalue weighted by Gasteiger charge is 2.40. The number of aliphatic carboxylic acids is 1. The second kappa shape index (κ2) is 25.6. The lowest BCUT2D eigenvalue weighted by atomic mass is 9.98. The molecular weight excluding hydrogens is 803 g/mol. The second-order valence-corrected chi connectivity index (χ2v) is 16.9. The Kier molecular flexibility index (Phi) is 22.7. The van der Waals surface area contributed by atoms with Crippen LogP contribution in [0.15, 0.2) is 0 Å². The molecule has 1 unspecified atom stereocenters. The van der Waals surface area contributed by atoms with Crippen LogP contribution in [0, 0.1) is 11.8 Å². The number of rotatable bonds is 27. The Morgan fingerprint density at radius 1 is 0.741 bits per heavy atom. The smallest absolute Gasteiger partial charge is 0.321 e. The highest BCUT2D eigenvalue weighted by atomic mass is 33.1. The van der Waals surface area contributed by atoms with Crippen molar-refractivity contribution < 1.29 is 53.1 Å². The van der Waals surface area contributed by atoms with Crippen molar-refractivity contribution in [2.75, 3.05) is 24.6 Å². The van der Waals surface area contributed by atoms with Crippen LogP contribution in [0.25, 0.3) is 0 Å². The van der Waals surface area contributed by atoms with Gasteiger partial charge in [0.1, 0.15) is 36.3 Å². The summed E-state index contributed by atoms with van der Waals surface area (Å²) in [5.41, 5.74) is 27.4. The van der Waals surface area contributed by atoms with Gasteiger partial charge in [-0.1, -0.05) is 55.7 Å². The lowest BCUT2D eigenvalue weighted by Crippen LogP contribution is -2.60. The number of likely N-dealkylation sites (tertiary alicyclic amines) is 1. The molecule has 1 rings (SSSR count). The molecule has 22 nitrogen and oxygen atoms in total. The third-order valence-corrected chi connectivity index (χ3v) is 11.5. The van der Waals surface area contributed by atoms with Crippen molar-refractivity contribution in [3.63, 3.8) is 0 Å². The molecule has 9 amide bonds. The molecule has 328 valence electrons. The number of nitrogens with zero attached hydrogens (tertiary/aromatic N) is 1. The van der Waals surface area contributed by atoms with Crippen LogP contribution in [0.3, 0.4) is 0 Å². The van der Waals surface area contributed by atoms with E-state index in [0.717, 1.165) is 21.6 Å². The first-order valence-corrected chi connectivity index (χ1v) is 21.2. The van der Waals surface area contributed by atoms with Crippen molar-refractivity contribution >= 4 is 80.7 Å². The summed E-state index contributed by atoms with van der Waals surface area (Å²) in [6, 6.07) is -9.01. The molecule has 1 aliphatic rings. The number of nitrogens with two attached hydrogens (primary N) is 5. The topological polar surface area (TPSA) is 384 Å². The maximum Gasteiger partial charge on any atom is 0.321 e. The van der Waals surface area contributed by atoms with Crippen LogP contribution in [0.5, 0.6) is 0 Å². The first-order valence-electron chi connectivity index (χ1n) is 18.7. The lowest BCUT2D eigenvalue weighted by molar-refractivity contribution is -0.142. The number of carboxylic acid groups (broad SMARTS) is 1. The highest BCUT2D eigenvalue weighted by Crippen LogP contribution is 2.25. The van der Waals surface area contributed by atoms with Crippen molar-refractivity contribution in [3.05, 3.63) is 0 Å². The Labute approximate surface area is 344 Å². The number of amides is 9. The zero-order valence-electron chi connectivity index (χ0n) is 33.2. The lowest BCUT2D eigenvalue weighted by Gasteiger charge is -2.31. The molecule has 8 atom stereocenters. The number of hydrogen-bond donors (Lipinski definition) is 11. The molecule has 0 aromatic heterocycles. The Morgan fingerprint density at radius 3 is 1.88 bits per heavy atom. The summed E-state index contributed by atoms with van der Waals surface area (Å²) in [5.74, 6) is -9.39. The molecule has 0 bridgehead atoms. The number of carboxylic acids is 1. The highest BCUT2D eigenvalue weighted by molar-refractivity contribution is 8.76. The quantitative estimate of drug-likeness (QED) is 0.0276. The van der Waals surface area contributed by atoms with Gasteiger partial charge < -0.3 is 65.3 Å². The Morgan fingerprint density at radius 2 is 1.33 bits per heavy atom. The fraction of sp³-hybridized carbons (Fsp3) is 0.706. The molecule has 0 saturated carbocycles. The summed E-state index contributed by atoms with van der Waals surface area (Å²) < 4.78 is 0. The second-order valence-electron chi connectivity index (χ2n) is 14.3. The number of primary amides is 3. The molecule has 1 fully saturated rings. The largest absolute Gasteiger partial charge is 0.480 e. The minimum absolute atomic E-state index is 0.0647. The van der Waals surface area contributed by atoms with Gasteiger partial charge in [0.2, 0.25) is 53.2 Å². The fourth-order valence-electron chi connectivity index (χ4n) is 5.55. The van der Waals surface area contributed by atoms with Crippen molar-refractivity contribution in [1.29, 1.82) is 0 Å². The van der Waals surface area contributed by atoms with E-state index in [1.54, 1.807) is 13.8 Å². The van der Waals surface area contributed by atoms with E-state index in [1.165, 1.54) is 4.90 Å². The van der Waals surface area contributed by atoms with Gasteiger partial charge in [0.05, 0.1) is 19.0 Å². The van der Waals surface area contributed by atoms with E-state index in [2.05, 4.69) is 26.6 Å². The van der Waals surface area contributed by atoms with Crippen LogP contribution in [-0.4, -0.2) is 136 Å². The summed E-state index contributed by atoms with van der Waals surface area (Å²) >= 11 is 0. The van der Waals surface area contributed by atoms with E-state index >= 15 is 0 Å². The zero-order chi connectivity index (χ0) is 44.3. The van der Waals surface area contributed by atoms with E-state index in [-0.39, 0.29) is 55.6 Å². The standard InChI is InChI=1S/C34H59N11O11S2/c1-5-17(4)27(39)32(53)41-19(8-9-24(36)46)29(50)42-21(12-25(37)47)30(51)44-22(15-58-57-14-18(35)34(55)56)33(54)45-10-6-7-23(45)31(52)43-20(11-16(2)3)28(49)40-13-26(38)48/h16-23,27H,5-15,35,39H2,1-4H3,(H2,36,46)(H2,37,47)(H2,38,48)(H,40,49)(H,41,53)(H,42,50)(H,43,52)(H,44,51)(H,55,56)/t17-,18-,19-,20-,21-,22-,23-,27?/m0/s1.